The van der Waals surface area contributed by atoms with Crippen molar-refractivity contribution < 1.29 is 0 Å². The number of nitrogens with zero attached hydrogens (tertiary/aromatic N) is 6. The minimum atomic E-state index is 0. The maximum absolute atomic E-state index is 4.77. The number of aliphatic imine (C=N–C) groups is 1. The first-order valence-corrected chi connectivity index (χ1v) is 10.4. The summed E-state index contributed by atoms with van der Waals surface area (Å²) in [7, 11) is 0. The number of thiazole rings is 1. The van der Waals surface area contributed by atoms with Crippen LogP contribution in [0.2, 0.25) is 0 Å². The molecule has 1 aliphatic rings. The number of nitrogens with one attached hydrogen (secondary N) is 1. The molecule has 0 aliphatic carbocycles. The minimum Gasteiger partial charge on any atom is -0.357 e. The molecule has 0 saturated carbocycles. The Labute approximate surface area is 180 Å². The van der Waals surface area contributed by atoms with Gasteiger partial charge in [-0.05, 0) is 13.8 Å². The van der Waals surface area contributed by atoms with Gasteiger partial charge in [0, 0.05) is 61.8 Å². The molecule has 2 aromatic rings. The average molecular weight is 507 g/mol. The maximum Gasteiger partial charge on any atom is 0.205 e. The van der Waals surface area contributed by atoms with Crippen LogP contribution in [0.3, 0.4) is 0 Å². The molecule has 3 heterocycles. The predicted octanol–water partition coefficient (Wildman–Crippen LogP) is 2.77. The molecule has 3 rings (SSSR count). The van der Waals surface area contributed by atoms with Gasteiger partial charge in [-0.2, -0.15) is 4.37 Å². The highest BCUT2D eigenvalue weighted by Crippen LogP contribution is 2.19. The summed E-state index contributed by atoms with van der Waals surface area (Å²) in [6.45, 7) is 11.5. The Morgan fingerprint density at radius 2 is 2.00 bits per heavy atom. The second-order valence-electron chi connectivity index (χ2n) is 5.87. The van der Waals surface area contributed by atoms with Crippen molar-refractivity contribution in [3.63, 3.8) is 0 Å². The molecule has 1 N–H and O–H groups in total. The molecule has 0 amide bonds. The highest BCUT2D eigenvalue weighted by Gasteiger charge is 2.22. The van der Waals surface area contributed by atoms with Gasteiger partial charge in [-0.3, -0.25) is 0 Å². The Hall–Kier alpha value is -1.01. The Bertz CT molecular complexity index is 707. The monoisotopic (exact) mass is 507 g/mol. The summed E-state index contributed by atoms with van der Waals surface area (Å²) in [6.07, 6.45) is 0.893. The standard InChI is InChI=1S/C16H25N7S2.HI/c1-4-13-20-16(25-21-13)23-8-6-22(7-9-23)15(17-5-2)18-10-14-19-12(3)11-24-14;/h11H,4-10H2,1-3H3,(H,17,18);1H. The molecule has 1 aliphatic heterocycles. The molecule has 144 valence electrons. The summed E-state index contributed by atoms with van der Waals surface area (Å²) in [5.41, 5.74) is 1.07. The highest BCUT2D eigenvalue weighted by molar-refractivity contribution is 14.0. The minimum absolute atomic E-state index is 0. The molecule has 7 nitrogen and oxygen atoms in total. The van der Waals surface area contributed by atoms with Gasteiger partial charge < -0.3 is 15.1 Å². The fourth-order valence-corrected chi connectivity index (χ4v) is 4.17. The molecule has 0 atom stereocenters. The van der Waals surface area contributed by atoms with Crippen molar-refractivity contribution in [2.75, 3.05) is 37.6 Å². The third kappa shape index (κ3) is 5.49. The van der Waals surface area contributed by atoms with E-state index < -0.39 is 0 Å². The van der Waals surface area contributed by atoms with E-state index in [1.54, 1.807) is 11.3 Å². The largest absolute Gasteiger partial charge is 0.357 e. The van der Waals surface area contributed by atoms with Crippen LogP contribution in [-0.2, 0) is 13.0 Å². The number of hydrogen-bond acceptors (Lipinski definition) is 7. The van der Waals surface area contributed by atoms with Crippen LogP contribution in [-0.4, -0.2) is 57.9 Å². The molecule has 1 saturated heterocycles. The highest BCUT2D eigenvalue weighted by atomic mass is 127. The van der Waals surface area contributed by atoms with E-state index in [1.165, 1.54) is 11.5 Å². The van der Waals surface area contributed by atoms with Gasteiger partial charge in [0.15, 0.2) is 5.96 Å². The van der Waals surface area contributed by atoms with Crippen molar-refractivity contribution in [1.82, 2.24) is 24.6 Å². The fraction of sp³-hybridized carbons (Fsp3) is 0.625. The van der Waals surface area contributed by atoms with E-state index in [2.05, 4.69) is 48.7 Å². The predicted molar refractivity (Wildman–Crippen MR) is 120 cm³/mol. The summed E-state index contributed by atoms with van der Waals surface area (Å²) in [6, 6.07) is 0. The van der Waals surface area contributed by atoms with E-state index in [0.29, 0.717) is 6.54 Å². The lowest BCUT2D eigenvalue weighted by Crippen LogP contribution is -2.52. The zero-order valence-corrected chi connectivity index (χ0v) is 19.4. The van der Waals surface area contributed by atoms with Crippen LogP contribution < -0.4 is 10.2 Å². The van der Waals surface area contributed by atoms with Gasteiger partial charge in [0.1, 0.15) is 10.8 Å². The molecule has 0 aromatic carbocycles. The Balaban J connectivity index is 0.00000243. The lowest BCUT2D eigenvalue weighted by Gasteiger charge is -2.36. The average Bonchev–Trinajstić information content (AvgIpc) is 3.27. The van der Waals surface area contributed by atoms with Crippen molar-refractivity contribution in [1.29, 1.82) is 0 Å². The molecule has 2 aromatic heterocycles. The van der Waals surface area contributed by atoms with E-state index in [-0.39, 0.29) is 24.0 Å². The third-order valence-corrected chi connectivity index (χ3v) is 5.76. The topological polar surface area (TPSA) is 69.5 Å². The normalized spacial score (nSPS) is 15.1. The van der Waals surface area contributed by atoms with Crippen LogP contribution in [0.5, 0.6) is 0 Å². The number of rotatable bonds is 5. The molecular formula is C16H26IN7S2. The third-order valence-electron chi connectivity index (χ3n) is 3.99. The van der Waals surface area contributed by atoms with Gasteiger partial charge >= 0.3 is 0 Å². The van der Waals surface area contributed by atoms with Crippen LogP contribution in [0.4, 0.5) is 5.13 Å². The first-order valence-electron chi connectivity index (χ1n) is 8.71. The zero-order valence-electron chi connectivity index (χ0n) is 15.4. The summed E-state index contributed by atoms with van der Waals surface area (Å²) in [4.78, 5) is 18.5. The number of halogens is 1. The van der Waals surface area contributed by atoms with Gasteiger partial charge in [0.25, 0.3) is 0 Å². The Morgan fingerprint density at radius 3 is 2.58 bits per heavy atom. The van der Waals surface area contributed by atoms with Gasteiger partial charge in [-0.1, -0.05) is 6.92 Å². The first kappa shape index (κ1) is 21.3. The molecule has 0 radical (unpaired) electrons. The van der Waals surface area contributed by atoms with Crippen molar-refractivity contribution in [3.05, 3.63) is 21.9 Å². The number of guanidine groups is 1. The Morgan fingerprint density at radius 1 is 1.23 bits per heavy atom. The van der Waals surface area contributed by atoms with Crippen molar-refractivity contribution in [2.45, 2.75) is 33.7 Å². The molecule has 0 spiro atoms. The number of aryl methyl sites for hydroxylation is 2. The van der Waals surface area contributed by atoms with E-state index >= 15 is 0 Å². The van der Waals surface area contributed by atoms with E-state index in [0.717, 1.165) is 66.8 Å². The zero-order chi connectivity index (χ0) is 17.6. The SMILES string of the molecule is CCNC(=NCc1nc(C)cs1)N1CCN(c2nc(CC)ns2)CC1.I. The second kappa shape index (κ2) is 10.4. The van der Waals surface area contributed by atoms with Gasteiger partial charge in [0.2, 0.25) is 5.13 Å². The summed E-state index contributed by atoms with van der Waals surface area (Å²) >= 11 is 3.18. The van der Waals surface area contributed by atoms with E-state index in [1.807, 2.05) is 6.92 Å². The Kier molecular flexibility index (Phi) is 8.48. The van der Waals surface area contributed by atoms with Crippen LogP contribution in [0.25, 0.3) is 0 Å². The fourth-order valence-electron chi connectivity index (χ4n) is 2.67. The first-order chi connectivity index (χ1) is 12.2. The van der Waals surface area contributed by atoms with Gasteiger partial charge in [-0.25, -0.2) is 15.0 Å². The van der Waals surface area contributed by atoms with Crippen LogP contribution >= 0.6 is 46.8 Å². The smallest absolute Gasteiger partial charge is 0.205 e. The second-order valence-corrected chi connectivity index (χ2v) is 7.55. The van der Waals surface area contributed by atoms with Crippen LogP contribution in [0.15, 0.2) is 10.4 Å². The van der Waals surface area contributed by atoms with Crippen LogP contribution in [0, 0.1) is 6.92 Å². The van der Waals surface area contributed by atoms with Gasteiger partial charge in [-0.15, -0.1) is 35.3 Å². The van der Waals surface area contributed by atoms with E-state index in [9.17, 15) is 0 Å². The maximum atomic E-state index is 4.77. The van der Waals surface area contributed by atoms with Crippen LogP contribution in [0.1, 0.15) is 30.4 Å². The molecule has 0 unspecified atom stereocenters. The van der Waals surface area contributed by atoms with Crippen molar-refractivity contribution in [2.24, 2.45) is 4.99 Å². The lowest BCUT2D eigenvalue weighted by atomic mass is 10.3. The number of hydrogen-bond donors (Lipinski definition) is 1. The van der Waals surface area contributed by atoms with Crippen molar-refractivity contribution in [3.8, 4) is 0 Å². The summed E-state index contributed by atoms with van der Waals surface area (Å²) in [5, 5.41) is 7.58. The molecule has 26 heavy (non-hydrogen) atoms. The summed E-state index contributed by atoms with van der Waals surface area (Å²) < 4.78 is 4.39. The lowest BCUT2D eigenvalue weighted by molar-refractivity contribution is 0.372. The number of aromatic nitrogens is 3. The van der Waals surface area contributed by atoms with Crippen molar-refractivity contribution >= 4 is 57.9 Å². The molecular weight excluding hydrogens is 481 g/mol. The number of piperazine rings is 1. The number of anilines is 1. The van der Waals surface area contributed by atoms with E-state index in [4.69, 9.17) is 4.99 Å². The summed E-state index contributed by atoms with van der Waals surface area (Å²) in [5.74, 6) is 1.91. The molecule has 1 fully saturated rings. The molecule has 0 bridgehead atoms. The molecule has 10 heteroatoms. The van der Waals surface area contributed by atoms with Gasteiger partial charge in [0.05, 0.1) is 6.54 Å². The quantitative estimate of drug-likeness (QED) is 0.382.